The lowest BCUT2D eigenvalue weighted by molar-refractivity contribution is -0.120. The molecular weight excluding hydrogens is 397 g/mol. The minimum atomic E-state index is -0.350. The quantitative estimate of drug-likeness (QED) is 0.324. The Bertz CT molecular complexity index is 897. The Morgan fingerprint density at radius 2 is 1.68 bits per heavy atom. The van der Waals surface area contributed by atoms with Crippen LogP contribution < -0.4 is 16.0 Å². The van der Waals surface area contributed by atoms with Crippen LogP contribution in [-0.4, -0.2) is 56.4 Å². The third-order valence-corrected chi connectivity index (χ3v) is 4.36. The van der Waals surface area contributed by atoms with E-state index < -0.39 is 0 Å². The summed E-state index contributed by atoms with van der Waals surface area (Å²) >= 11 is 0. The van der Waals surface area contributed by atoms with Gasteiger partial charge in [0.25, 0.3) is 5.91 Å². The summed E-state index contributed by atoms with van der Waals surface area (Å²) in [5.74, 6) is 0.0823. The lowest BCUT2D eigenvalue weighted by atomic mass is 10.1. The van der Waals surface area contributed by atoms with Gasteiger partial charge in [0.05, 0.1) is 13.0 Å². The fraction of sp³-hybridized carbons (Fsp3) is 0.348. The summed E-state index contributed by atoms with van der Waals surface area (Å²) in [4.78, 5) is 30.0. The van der Waals surface area contributed by atoms with Crippen LogP contribution >= 0.6 is 0 Å². The molecule has 0 aliphatic heterocycles. The number of carbonyl (C=O) groups excluding carboxylic acids is 2. The molecule has 2 rings (SSSR count). The molecule has 31 heavy (non-hydrogen) atoms. The Morgan fingerprint density at radius 1 is 0.968 bits per heavy atom. The molecule has 0 saturated carbocycles. The predicted molar refractivity (Wildman–Crippen MR) is 120 cm³/mol. The first-order chi connectivity index (χ1) is 14.9. The molecule has 3 N–H and O–H groups in total. The standard InChI is InChI=1S/C23H30FN5O2/c1-4-25-23(28-16-17-8-10-19(11-9-17)22(31)29(2)3)27-13-12-26-21(30)15-18-6-5-7-20(24)14-18/h5-11,14H,4,12-13,15-16H2,1-3H3,(H,26,30)(H2,25,27,28). The Labute approximate surface area is 182 Å². The molecular formula is C23H30FN5O2. The van der Waals surface area contributed by atoms with Crippen molar-refractivity contribution in [1.29, 1.82) is 0 Å². The lowest BCUT2D eigenvalue weighted by Crippen LogP contribution is -2.41. The van der Waals surface area contributed by atoms with Gasteiger partial charge in [0.1, 0.15) is 5.82 Å². The van der Waals surface area contributed by atoms with Crippen LogP contribution in [-0.2, 0) is 17.8 Å². The minimum absolute atomic E-state index is 0.0375. The van der Waals surface area contributed by atoms with E-state index in [-0.39, 0.29) is 24.1 Å². The van der Waals surface area contributed by atoms with Crippen LogP contribution in [0.15, 0.2) is 53.5 Å². The van der Waals surface area contributed by atoms with Crippen molar-refractivity contribution in [3.63, 3.8) is 0 Å². The maximum Gasteiger partial charge on any atom is 0.253 e. The first kappa shape index (κ1) is 23.9. The van der Waals surface area contributed by atoms with Gasteiger partial charge in [-0.2, -0.15) is 0 Å². The molecule has 0 heterocycles. The highest BCUT2D eigenvalue weighted by Gasteiger charge is 2.07. The molecule has 0 radical (unpaired) electrons. The first-order valence-corrected chi connectivity index (χ1v) is 10.2. The molecule has 2 aromatic carbocycles. The molecule has 2 amide bonds. The Balaban J connectivity index is 1.79. The van der Waals surface area contributed by atoms with Gasteiger partial charge in [-0.05, 0) is 42.3 Å². The number of hydrogen-bond donors (Lipinski definition) is 3. The number of aliphatic imine (C=N–C) groups is 1. The second-order valence-electron chi connectivity index (χ2n) is 7.18. The Kier molecular flexibility index (Phi) is 9.48. The number of rotatable bonds is 9. The van der Waals surface area contributed by atoms with E-state index in [0.29, 0.717) is 43.3 Å². The lowest BCUT2D eigenvalue weighted by Gasteiger charge is -2.12. The molecule has 0 atom stereocenters. The van der Waals surface area contributed by atoms with E-state index >= 15 is 0 Å². The van der Waals surface area contributed by atoms with Crippen LogP contribution in [0.5, 0.6) is 0 Å². The van der Waals surface area contributed by atoms with Crippen molar-refractivity contribution in [2.24, 2.45) is 4.99 Å². The maximum atomic E-state index is 13.2. The number of nitrogens with one attached hydrogen (secondary N) is 3. The zero-order valence-corrected chi connectivity index (χ0v) is 18.2. The summed E-state index contributed by atoms with van der Waals surface area (Å²) in [5.41, 5.74) is 2.26. The van der Waals surface area contributed by atoms with Gasteiger partial charge in [0.15, 0.2) is 5.96 Å². The fourth-order valence-corrected chi connectivity index (χ4v) is 2.80. The molecule has 0 aliphatic rings. The van der Waals surface area contributed by atoms with Crippen molar-refractivity contribution in [1.82, 2.24) is 20.9 Å². The van der Waals surface area contributed by atoms with Gasteiger partial charge < -0.3 is 20.9 Å². The van der Waals surface area contributed by atoms with Crippen LogP contribution in [0.1, 0.15) is 28.4 Å². The number of nitrogens with zero attached hydrogens (tertiary/aromatic N) is 2. The molecule has 0 unspecified atom stereocenters. The Hall–Kier alpha value is -3.42. The zero-order chi connectivity index (χ0) is 22.6. The maximum absolute atomic E-state index is 13.2. The van der Waals surface area contributed by atoms with Crippen LogP contribution in [0.2, 0.25) is 0 Å². The van der Waals surface area contributed by atoms with Gasteiger partial charge in [0.2, 0.25) is 5.91 Å². The van der Waals surface area contributed by atoms with E-state index in [4.69, 9.17) is 0 Å². The first-order valence-electron chi connectivity index (χ1n) is 10.2. The van der Waals surface area contributed by atoms with E-state index in [1.165, 1.54) is 17.0 Å². The highest BCUT2D eigenvalue weighted by molar-refractivity contribution is 5.93. The third-order valence-electron chi connectivity index (χ3n) is 4.36. The third kappa shape index (κ3) is 8.46. The van der Waals surface area contributed by atoms with E-state index in [0.717, 1.165) is 5.56 Å². The number of halogens is 1. The molecule has 0 spiro atoms. The number of carbonyl (C=O) groups is 2. The Morgan fingerprint density at radius 3 is 2.32 bits per heavy atom. The largest absolute Gasteiger partial charge is 0.357 e. The molecule has 166 valence electrons. The summed E-state index contributed by atoms with van der Waals surface area (Å²) in [7, 11) is 3.44. The van der Waals surface area contributed by atoms with Gasteiger partial charge in [-0.1, -0.05) is 24.3 Å². The molecule has 7 nitrogen and oxygen atoms in total. The van der Waals surface area contributed by atoms with E-state index in [2.05, 4.69) is 20.9 Å². The van der Waals surface area contributed by atoms with E-state index in [9.17, 15) is 14.0 Å². The molecule has 8 heteroatoms. The topological polar surface area (TPSA) is 85.8 Å². The van der Waals surface area contributed by atoms with Crippen molar-refractivity contribution in [3.8, 4) is 0 Å². The SMILES string of the molecule is CCNC(=NCc1ccc(C(=O)N(C)C)cc1)NCCNC(=O)Cc1cccc(F)c1. The smallest absolute Gasteiger partial charge is 0.253 e. The van der Waals surface area contributed by atoms with Crippen molar-refractivity contribution < 1.29 is 14.0 Å². The molecule has 0 aromatic heterocycles. The number of amides is 2. The van der Waals surface area contributed by atoms with Gasteiger partial charge in [0, 0.05) is 39.3 Å². The van der Waals surface area contributed by atoms with Gasteiger partial charge in [-0.25, -0.2) is 9.38 Å². The normalized spacial score (nSPS) is 11.0. The van der Waals surface area contributed by atoms with E-state index in [1.807, 2.05) is 19.1 Å². The average Bonchev–Trinajstić information content (AvgIpc) is 2.74. The van der Waals surface area contributed by atoms with Gasteiger partial charge in [-0.3, -0.25) is 9.59 Å². The van der Waals surface area contributed by atoms with Crippen LogP contribution in [0.4, 0.5) is 4.39 Å². The van der Waals surface area contributed by atoms with Crippen LogP contribution in [0.25, 0.3) is 0 Å². The molecule has 0 bridgehead atoms. The van der Waals surface area contributed by atoms with Gasteiger partial charge >= 0.3 is 0 Å². The van der Waals surface area contributed by atoms with Crippen molar-refractivity contribution >= 4 is 17.8 Å². The number of hydrogen-bond acceptors (Lipinski definition) is 3. The highest BCUT2D eigenvalue weighted by atomic mass is 19.1. The zero-order valence-electron chi connectivity index (χ0n) is 18.2. The van der Waals surface area contributed by atoms with E-state index in [1.54, 1.807) is 38.4 Å². The summed E-state index contributed by atoms with van der Waals surface area (Å²) in [5, 5.41) is 9.13. The summed E-state index contributed by atoms with van der Waals surface area (Å²) < 4.78 is 13.2. The molecule has 0 fully saturated rings. The monoisotopic (exact) mass is 427 g/mol. The molecule has 0 aliphatic carbocycles. The predicted octanol–water partition coefficient (Wildman–Crippen LogP) is 1.94. The average molecular weight is 428 g/mol. The fourth-order valence-electron chi connectivity index (χ4n) is 2.80. The number of benzene rings is 2. The minimum Gasteiger partial charge on any atom is -0.357 e. The van der Waals surface area contributed by atoms with Crippen LogP contribution in [0, 0.1) is 5.82 Å². The molecule has 0 saturated heterocycles. The van der Waals surface area contributed by atoms with Crippen molar-refractivity contribution in [3.05, 3.63) is 71.0 Å². The number of guanidine groups is 1. The van der Waals surface area contributed by atoms with Crippen LogP contribution in [0.3, 0.4) is 0 Å². The highest BCUT2D eigenvalue weighted by Crippen LogP contribution is 2.07. The van der Waals surface area contributed by atoms with Gasteiger partial charge in [-0.15, -0.1) is 0 Å². The second-order valence-corrected chi connectivity index (χ2v) is 7.18. The van der Waals surface area contributed by atoms with Crippen molar-refractivity contribution in [2.45, 2.75) is 19.9 Å². The van der Waals surface area contributed by atoms with Crippen molar-refractivity contribution in [2.75, 3.05) is 33.7 Å². The summed E-state index contributed by atoms with van der Waals surface area (Å²) in [6.07, 6.45) is 0.137. The molecule has 2 aromatic rings. The summed E-state index contributed by atoms with van der Waals surface area (Å²) in [6.45, 7) is 4.04. The summed E-state index contributed by atoms with van der Waals surface area (Å²) in [6, 6.07) is 13.4. The second kappa shape index (κ2) is 12.3.